The normalized spacial score (nSPS) is 19.8. The number of hydrogen-bond acceptors (Lipinski definition) is 3. The molecule has 2 atom stereocenters. The molecule has 0 bridgehead atoms. The van der Waals surface area contributed by atoms with Crippen LogP contribution in [0.4, 0.5) is 0 Å². The van der Waals surface area contributed by atoms with E-state index in [-0.39, 0.29) is 12.4 Å². The maximum atomic E-state index is 6.84. The van der Waals surface area contributed by atoms with Gasteiger partial charge in [-0.05, 0) is 36.0 Å². The highest BCUT2D eigenvalue weighted by molar-refractivity contribution is 5.47. The van der Waals surface area contributed by atoms with Crippen molar-refractivity contribution in [1.82, 2.24) is 0 Å². The third-order valence-electron chi connectivity index (χ3n) is 5.60. The van der Waals surface area contributed by atoms with Crippen molar-refractivity contribution in [2.75, 3.05) is 13.7 Å². The average Bonchev–Trinajstić information content (AvgIpc) is 2.82. The van der Waals surface area contributed by atoms with Gasteiger partial charge >= 0.3 is 0 Å². The van der Waals surface area contributed by atoms with Crippen LogP contribution in [0.25, 0.3) is 0 Å². The van der Waals surface area contributed by atoms with E-state index in [9.17, 15) is 0 Å². The van der Waals surface area contributed by atoms with Crippen LogP contribution >= 0.6 is 0 Å². The van der Waals surface area contributed by atoms with Gasteiger partial charge in [-0.2, -0.15) is 0 Å². The van der Waals surface area contributed by atoms with Crippen LogP contribution in [0, 0.1) is 0 Å². The molecule has 0 aromatic heterocycles. The minimum atomic E-state index is -0.701. The van der Waals surface area contributed by atoms with Gasteiger partial charge < -0.3 is 14.2 Å². The molecular weight excluding hydrogens is 360 g/mol. The molecule has 3 nitrogen and oxygen atoms in total. The van der Waals surface area contributed by atoms with Crippen LogP contribution in [0.2, 0.25) is 0 Å². The van der Waals surface area contributed by atoms with E-state index < -0.39 is 5.60 Å². The first-order valence-electron chi connectivity index (χ1n) is 10.3. The topological polar surface area (TPSA) is 27.7 Å². The molecule has 150 valence electrons. The van der Waals surface area contributed by atoms with Crippen molar-refractivity contribution >= 4 is 0 Å². The molecule has 0 spiro atoms. The molecule has 3 aromatic rings. The summed E-state index contributed by atoms with van der Waals surface area (Å²) in [6.07, 6.45) is 2.88. The fraction of sp³-hybridized carbons (Fsp3) is 0.308. The summed E-state index contributed by atoms with van der Waals surface area (Å²) >= 11 is 0. The average molecular weight is 389 g/mol. The molecular formula is C26H28O3. The van der Waals surface area contributed by atoms with Crippen molar-refractivity contribution in [2.24, 2.45) is 0 Å². The molecule has 0 amide bonds. The quantitative estimate of drug-likeness (QED) is 0.498. The number of benzene rings is 3. The second kappa shape index (κ2) is 9.36. The molecule has 0 unspecified atom stereocenters. The van der Waals surface area contributed by atoms with E-state index >= 15 is 0 Å². The van der Waals surface area contributed by atoms with Gasteiger partial charge in [0.1, 0.15) is 5.60 Å². The third kappa shape index (κ3) is 4.27. The number of hydrogen-bond donors (Lipinski definition) is 0. The molecule has 1 aliphatic rings. The Morgan fingerprint density at radius 2 is 1.24 bits per heavy atom. The maximum Gasteiger partial charge on any atom is 0.157 e. The Balaban J connectivity index is 1.76. The molecule has 1 heterocycles. The predicted octanol–water partition coefficient (Wildman–Crippen LogP) is 5.54. The molecule has 1 aliphatic heterocycles. The summed E-state index contributed by atoms with van der Waals surface area (Å²) in [4.78, 5) is 0. The van der Waals surface area contributed by atoms with E-state index in [0.717, 1.165) is 36.0 Å². The Morgan fingerprint density at radius 3 is 1.69 bits per heavy atom. The molecule has 1 fully saturated rings. The van der Waals surface area contributed by atoms with E-state index in [0.29, 0.717) is 6.61 Å². The van der Waals surface area contributed by atoms with Crippen LogP contribution in [0.3, 0.4) is 0 Å². The van der Waals surface area contributed by atoms with Crippen molar-refractivity contribution in [3.05, 3.63) is 108 Å². The first kappa shape index (κ1) is 19.8. The summed E-state index contributed by atoms with van der Waals surface area (Å²) < 4.78 is 18.4. The fourth-order valence-corrected chi connectivity index (χ4v) is 4.15. The first-order chi connectivity index (χ1) is 14.3. The highest BCUT2D eigenvalue weighted by Crippen LogP contribution is 2.41. The Labute approximate surface area is 173 Å². The van der Waals surface area contributed by atoms with Crippen molar-refractivity contribution in [3.63, 3.8) is 0 Å². The van der Waals surface area contributed by atoms with Crippen molar-refractivity contribution in [2.45, 2.75) is 37.3 Å². The molecule has 29 heavy (non-hydrogen) atoms. The van der Waals surface area contributed by atoms with Crippen LogP contribution < -0.4 is 0 Å². The van der Waals surface area contributed by atoms with Gasteiger partial charge in [0.15, 0.2) is 6.29 Å². The van der Waals surface area contributed by atoms with E-state index in [1.165, 1.54) is 0 Å². The number of ether oxygens (including phenoxy) is 3. The predicted molar refractivity (Wildman–Crippen MR) is 115 cm³/mol. The van der Waals surface area contributed by atoms with E-state index in [1.807, 2.05) is 18.2 Å². The maximum absolute atomic E-state index is 6.84. The lowest BCUT2D eigenvalue weighted by Crippen LogP contribution is -2.38. The summed E-state index contributed by atoms with van der Waals surface area (Å²) in [6.45, 7) is 0.499. The summed E-state index contributed by atoms with van der Waals surface area (Å²) in [7, 11) is 1.70. The molecule has 4 rings (SSSR count). The minimum Gasteiger partial charge on any atom is -0.358 e. The summed E-state index contributed by atoms with van der Waals surface area (Å²) in [5, 5.41) is 0. The zero-order valence-corrected chi connectivity index (χ0v) is 16.9. The van der Waals surface area contributed by atoms with Gasteiger partial charge in [0.2, 0.25) is 0 Å². The van der Waals surface area contributed by atoms with Gasteiger partial charge in [-0.15, -0.1) is 0 Å². The zero-order valence-electron chi connectivity index (χ0n) is 16.9. The lowest BCUT2D eigenvalue weighted by molar-refractivity contribution is -0.199. The number of rotatable bonds is 7. The monoisotopic (exact) mass is 388 g/mol. The van der Waals surface area contributed by atoms with Crippen LogP contribution in [0.15, 0.2) is 91.0 Å². The van der Waals surface area contributed by atoms with Crippen molar-refractivity contribution in [3.8, 4) is 0 Å². The fourth-order valence-electron chi connectivity index (χ4n) is 4.15. The second-order valence-electron chi connectivity index (χ2n) is 7.44. The van der Waals surface area contributed by atoms with Crippen LogP contribution in [-0.2, 0) is 19.8 Å². The Kier molecular flexibility index (Phi) is 6.40. The first-order valence-corrected chi connectivity index (χ1v) is 10.3. The minimum absolute atomic E-state index is 0.0178. The van der Waals surface area contributed by atoms with Gasteiger partial charge in [0, 0.05) is 7.11 Å². The lowest BCUT2D eigenvalue weighted by Gasteiger charge is -2.38. The molecule has 0 aliphatic carbocycles. The molecule has 0 N–H and O–H groups in total. The van der Waals surface area contributed by atoms with Gasteiger partial charge in [-0.1, -0.05) is 91.0 Å². The summed E-state index contributed by atoms with van der Waals surface area (Å²) in [5.74, 6) is 0. The summed E-state index contributed by atoms with van der Waals surface area (Å²) in [5.41, 5.74) is 2.62. The van der Waals surface area contributed by atoms with Crippen molar-refractivity contribution in [1.29, 1.82) is 0 Å². The van der Waals surface area contributed by atoms with E-state index in [4.69, 9.17) is 14.2 Å². The van der Waals surface area contributed by atoms with E-state index in [2.05, 4.69) is 72.8 Å². The SMILES string of the molecule is CO[C@@H]1CCC[C@@H](COC(c2ccccc2)(c2ccccc2)c2ccccc2)O1. The second-order valence-corrected chi connectivity index (χ2v) is 7.44. The van der Waals surface area contributed by atoms with Crippen LogP contribution in [-0.4, -0.2) is 26.1 Å². The van der Waals surface area contributed by atoms with Gasteiger partial charge in [-0.25, -0.2) is 0 Å². The zero-order chi connectivity index (χ0) is 19.9. The molecule has 3 aromatic carbocycles. The highest BCUT2D eigenvalue weighted by Gasteiger charge is 2.38. The molecule has 1 saturated heterocycles. The number of methoxy groups -OCH3 is 1. The lowest BCUT2D eigenvalue weighted by atomic mass is 9.80. The van der Waals surface area contributed by atoms with Crippen LogP contribution in [0.5, 0.6) is 0 Å². The van der Waals surface area contributed by atoms with Crippen molar-refractivity contribution < 1.29 is 14.2 Å². The van der Waals surface area contributed by atoms with Gasteiger partial charge in [0.05, 0.1) is 12.7 Å². The van der Waals surface area contributed by atoms with Gasteiger partial charge in [-0.3, -0.25) is 0 Å². The third-order valence-corrected chi connectivity index (χ3v) is 5.60. The van der Waals surface area contributed by atoms with Gasteiger partial charge in [0.25, 0.3) is 0 Å². The van der Waals surface area contributed by atoms with E-state index in [1.54, 1.807) is 7.11 Å². The Hall–Kier alpha value is -2.46. The summed E-state index contributed by atoms with van der Waals surface area (Å²) in [6, 6.07) is 31.4. The largest absolute Gasteiger partial charge is 0.358 e. The Morgan fingerprint density at radius 1 is 0.759 bits per heavy atom. The van der Waals surface area contributed by atoms with Crippen LogP contribution in [0.1, 0.15) is 36.0 Å². The molecule has 0 saturated carbocycles. The Bertz CT molecular complexity index is 768. The smallest absolute Gasteiger partial charge is 0.157 e. The highest BCUT2D eigenvalue weighted by atomic mass is 16.7. The molecule has 3 heteroatoms. The molecule has 0 radical (unpaired) electrons. The standard InChI is InChI=1S/C26H28O3/c1-27-25-19-11-18-24(29-25)20-28-26(21-12-5-2-6-13-21,22-14-7-3-8-15-22)23-16-9-4-10-17-23/h2-10,12-17,24-25H,11,18-20H2,1H3/t24-,25-/m0/s1.